The maximum absolute atomic E-state index is 11.4. The van der Waals surface area contributed by atoms with Crippen LogP contribution in [0.1, 0.15) is 43.8 Å². The molecule has 0 spiro atoms. The highest BCUT2D eigenvalue weighted by Gasteiger charge is 2.22. The Morgan fingerprint density at radius 2 is 2.36 bits per heavy atom. The van der Waals surface area contributed by atoms with E-state index in [1.807, 2.05) is 11.6 Å². The van der Waals surface area contributed by atoms with Crippen LogP contribution in [0.5, 0.6) is 0 Å². The summed E-state index contributed by atoms with van der Waals surface area (Å²) in [6, 6.07) is 0. The van der Waals surface area contributed by atoms with E-state index in [2.05, 4.69) is 10.2 Å². The second-order valence-corrected chi connectivity index (χ2v) is 3.99. The lowest BCUT2D eigenvalue weighted by Gasteiger charge is -2.11. The van der Waals surface area contributed by atoms with Crippen LogP contribution in [0.25, 0.3) is 0 Å². The molecule has 0 aromatic carbocycles. The SMILES string of the molecule is Cn1cnnc1C1CCCCC(=O)C1. The van der Waals surface area contributed by atoms with Gasteiger partial charge in [0.2, 0.25) is 0 Å². The van der Waals surface area contributed by atoms with Gasteiger partial charge in [0.1, 0.15) is 17.9 Å². The Kier molecular flexibility index (Phi) is 2.61. The van der Waals surface area contributed by atoms with Crippen molar-refractivity contribution in [3.8, 4) is 0 Å². The van der Waals surface area contributed by atoms with Gasteiger partial charge in [-0.1, -0.05) is 6.42 Å². The smallest absolute Gasteiger partial charge is 0.136 e. The van der Waals surface area contributed by atoms with Gasteiger partial charge >= 0.3 is 0 Å². The van der Waals surface area contributed by atoms with Gasteiger partial charge in [-0.2, -0.15) is 0 Å². The predicted octanol–water partition coefficient (Wildman–Crippen LogP) is 1.43. The standard InChI is InChI=1S/C10H15N3O/c1-13-7-11-12-10(13)8-4-2-3-5-9(14)6-8/h7-8H,2-6H2,1H3. The van der Waals surface area contributed by atoms with Crippen molar-refractivity contribution in [2.45, 2.75) is 38.0 Å². The normalized spacial score (nSPS) is 23.5. The monoisotopic (exact) mass is 193 g/mol. The minimum atomic E-state index is 0.289. The van der Waals surface area contributed by atoms with Gasteiger partial charge in [0.15, 0.2) is 0 Å². The third kappa shape index (κ3) is 1.84. The number of nitrogens with zero attached hydrogens (tertiary/aromatic N) is 3. The van der Waals surface area contributed by atoms with Gasteiger partial charge in [-0.25, -0.2) is 0 Å². The summed E-state index contributed by atoms with van der Waals surface area (Å²) in [4.78, 5) is 11.4. The van der Waals surface area contributed by atoms with Crippen molar-refractivity contribution in [1.82, 2.24) is 14.8 Å². The molecule has 4 heteroatoms. The summed E-state index contributed by atoms with van der Waals surface area (Å²) in [5.74, 6) is 1.62. The molecule has 1 aromatic heterocycles. The number of hydrogen-bond acceptors (Lipinski definition) is 3. The van der Waals surface area contributed by atoms with E-state index in [9.17, 15) is 4.79 Å². The second-order valence-electron chi connectivity index (χ2n) is 3.99. The predicted molar refractivity (Wildman–Crippen MR) is 51.8 cm³/mol. The zero-order chi connectivity index (χ0) is 9.97. The Morgan fingerprint density at radius 1 is 1.50 bits per heavy atom. The Bertz CT molecular complexity index is 332. The molecule has 2 rings (SSSR count). The molecule has 0 radical (unpaired) electrons. The van der Waals surface area contributed by atoms with Crippen LogP contribution < -0.4 is 0 Å². The Hall–Kier alpha value is -1.19. The summed E-state index contributed by atoms with van der Waals surface area (Å²) in [5.41, 5.74) is 0. The molecule has 1 fully saturated rings. The molecule has 1 aromatic rings. The minimum Gasteiger partial charge on any atom is -0.320 e. The largest absolute Gasteiger partial charge is 0.320 e. The first-order valence-electron chi connectivity index (χ1n) is 5.13. The molecule has 0 bridgehead atoms. The number of Topliss-reactive ketones (excluding diaryl/α,β-unsaturated/α-hetero) is 1. The van der Waals surface area contributed by atoms with Gasteiger partial charge in [0, 0.05) is 25.8 Å². The molecular weight excluding hydrogens is 178 g/mol. The first-order chi connectivity index (χ1) is 6.77. The van der Waals surface area contributed by atoms with Crippen molar-refractivity contribution in [2.75, 3.05) is 0 Å². The van der Waals surface area contributed by atoms with Crippen molar-refractivity contribution >= 4 is 5.78 Å². The van der Waals surface area contributed by atoms with Crippen LogP contribution in [0.4, 0.5) is 0 Å². The fourth-order valence-corrected chi connectivity index (χ4v) is 2.07. The number of hydrogen-bond donors (Lipinski definition) is 0. The van der Waals surface area contributed by atoms with Gasteiger partial charge in [-0.05, 0) is 12.8 Å². The molecule has 1 saturated carbocycles. The van der Waals surface area contributed by atoms with Crippen LogP contribution in [-0.2, 0) is 11.8 Å². The van der Waals surface area contributed by atoms with Gasteiger partial charge < -0.3 is 4.57 Å². The van der Waals surface area contributed by atoms with Crippen LogP contribution in [0, 0.1) is 0 Å². The number of rotatable bonds is 1. The van der Waals surface area contributed by atoms with Crippen molar-refractivity contribution < 1.29 is 4.79 Å². The lowest BCUT2D eigenvalue weighted by atomic mass is 9.99. The van der Waals surface area contributed by atoms with E-state index in [-0.39, 0.29) is 5.92 Å². The van der Waals surface area contributed by atoms with E-state index >= 15 is 0 Å². The van der Waals surface area contributed by atoms with Crippen LogP contribution in [0.15, 0.2) is 6.33 Å². The van der Waals surface area contributed by atoms with Crippen molar-refractivity contribution in [3.63, 3.8) is 0 Å². The average Bonchev–Trinajstić information content (AvgIpc) is 2.45. The van der Waals surface area contributed by atoms with Crippen LogP contribution in [0.3, 0.4) is 0 Å². The Balaban J connectivity index is 2.17. The molecule has 1 aliphatic carbocycles. The molecule has 1 atom stereocenters. The summed E-state index contributed by atoms with van der Waals surface area (Å²) in [7, 11) is 1.94. The van der Waals surface area contributed by atoms with Crippen molar-refractivity contribution in [2.24, 2.45) is 7.05 Å². The topological polar surface area (TPSA) is 47.8 Å². The third-order valence-corrected chi connectivity index (χ3v) is 2.84. The van der Waals surface area contributed by atoms with Crippen LogP contribution in [-0.4, -0.2) is 20.5 Å². The molecule has 1 aliphatic rings. The molecule has 4 nitrogen and oxygen atoms in total. The van der Waals surface area contributed by atoms with Crippen LogP contribution in [0.2, 0.25) is 0 Å². The summed E-state index contributed by atoms with van der Waals surface area (Å²) in [5, 5.41) is 7.93. The molecule has 0 amide bonds. The number of aryl methyl sites for hydroxylation is 1. The van der Waals surface area contributed by atoms with E-state index in [4.69, 9.17) is 0 Å². The number of ketones is 1. The average molecular weight is 193 g/mol. The van der Waals surface area contributed by atoms with Crippen molar-refractivity contribution in [1.29, 1.82) is 0 Å². The highest BCUT2D eigenvalue weighted by molar-refractivity contribution is 5.79. The Labute approximate surface area is 83.3 Å². The van der Waals surface area contributed by atoms with Crippen LogP contribution >= 0.6 is 0 Å². The Morgan fingerprint density at radius 3 is 3.07 bits per heavy atom. The lowest BCUT2D eigenvalue weighted by Crippen LogP contribution is -2.09. The first-order valence-corrected chi connectivity index (χ1v) is 5.13. The molecular formula is C10H15N3O. The fourth-order valence-electron chi connectivity index (χ4n) is 2.07. The van der Waals surface area contributed by atoms with Gasteiger partial charge in [0.05, 0.1) is 0 Å². The van der Waals surface area contributed by atoms with E-state index in [0.29, 0.717) is 12.2 Å². The number of aromatic nitrogens is 3. The summed E-state index contributed by atoms with van der Waals surface area (Å²) in [6.07, 6.45) is 6.32. The molecule has 1 heterocycles. The number of carbonyl (C=O) groups is 1. The molecule has 1 unspecified atom stereocenters. The molecule has 0 saturated heterocycles. The highest BCUT2D eigenvalue weighted by atomic mass is 16.1. The van der Waals surface area contributed by atoms with E-state index in [0.717, 1.165) is 31.5 Å². The summed E-state index contributed by atoms with van der Waals surface area (Å²) < 4.78 is 1.92. The molecule has 14 heavy (non-hydrogen) atoms. The third-order valence-electron chi connectivity index (χ3n) is 2.84. The maximum atomic E-state index is 11.4. The molecule has 76 valence electrons. The molecule has 0 N–H and O–H groups in total. The maximum Gasteiger partial charge on any atom is 0.136 e. The number of carbonyl (C=O) groups excluding carboxylic acids is 1. The molecule has 0 aliphatic heterocycles. The zero-order valence-corrected chi connectivity index (χ0v) is 8.44. The fraction of sp³-hybridized carbons (Fsp3) is 0.700. The van der Waals surface area contributed by atoms with Gasteiger partial charge in [-0.15, -0.1) is 10.2 Å². The van der Waals surface area contributed by atoms with E-state index < -0.39 is 0 Å². The summed E-state index contributed by atoms with van der Waals surface area (Å²) >= 11 is 0. The minimum absolute atomic E-state index is 0.289. The van der Waals surface area contributed by atoms with E-state index in [1.165, 1.54) is 0 Å². The summed E-state index contributed by atoms with van der Waals surface area (Å²) in [6.45, 7) is 0. The van der Waals surface area contributed by atoms with E-state index in [1.54, 1.807) is 6.33 Å². The van der Waals surface area contributed by atoms with Crippen molar-refractivity contribution in [3.05, 3.63) is 12.2 Å². The lowest BCUT2D eigenvalue weighted by molar-refractivity contribution is -0.119. The van der Waals surface area contributed by atoms with Gasteiger partial charge in [0.25, 0.3) is 0 Å². The second kappa shape index (κ2) is 3.90. The zero-order valence-electron chi connectivity index (χ0n) is 8.44. The highest BCUT2D eigenvalue weighted by Crippen LogP contribution is 2.28. The van der Waals surface area contributed by atoms with Gasteiger partial charge in [-0.3, -0.25) is 4.79 Å². The quantitative estimate of drug-likeness (QED) is 0.634. The first kappa shape index (κ1) is 9.37.